The minimum Gasteiger partial charge on any atom is -0.332 e. The molecule has 2 fully saturated rings. The summed E-state index contributed by atoms with van der Waals surface area (Å²) in [5, 5.41) is 9.68. The first-order valence-corrected chi connectivity index (χ1v) is 7.56. The maximum Gasteiger partial charge on any atom is 0.246 e. The number of nitriles is 1. The maximum atomic E-state index is 13.2. The fraction of sp³-hybridized carbons (Fsp3) is 0.471. The average molecular weight is 315 g/mol. The van der Waals surface area contributed by atoms with E-state index in [1.165, 1.54) is 21.9 Å². The van der Waals surface area contributed by atoms with E-state index in [1.807, 2.05) is 0 Å². The van der Waals surface area contributed by atoms with Crippen molar-refractivity contribution >= 4 is 11.8 Å². The molecule has 5 nitrogen and oxygen atoms in total. The predicted octanol–water partition coefficient (Wildman–Crippen LogP) is 1.86. The number of benzene rings is 1. The summed E-state index contributed by atoms with van der Waals surface area (Å²) in [6.45, 7) is 3.44. The molecule has 4 atom stereocenters. The topological polar surface area (TPSA) is 64.4 Å². The molecule has 6 heteroatoms. The summed E-state index contributed by atoms with van der Waals surface area (Å²) in [6, 6.07) is 6.31. The summed E-state index contributed by atoms with van der Waals surface area (Å²) in [4.78, 5) is 28.3. The van der Waals surface area contributed by atoms with Gasteiger partial charge in [-0.15, -0.1) is 0 Å². The standard InChI is InChI=1S/C17H18FN3O2/c1-10-15(22)21-13(16(23)20(10)3)8-17(2,9-19)14(21)11-4-6-12(18)7-5-11/h4-7,10,13-14H,8H2,1-3H3/t10-,13+,14?,17-/m1/s1. The van der Waals surface area contributed by atoms with Crippen molar-refractivity contribution < 1.29 is 14.0 Å². The number of piperazine rings is 1. The molecule has 2 aliphatic rings. The molecule has 1 aromatic rings. The normalized spacial score (nSPS) is 33.6. The van der Waals surface area contributed by atoms with Gasteiger partial charge in [0.05, 0.1) is 17.5 Å². The van der Waals surface area contributed by atoms with Gasteiger partial charge in [0.15, 0.2) is 0 Å². The Balaban J connectivity index is 2.12. The molecule has 0 radical (unpaired) electrons. The first kappa shape index (κ1) is 15.5. The van der Waals surface area contributed by atoms with Crippen molar-refractivity contribution in [3.05, 3.63) is 35.6 Å². The van der Waals surface area contributed by atoms with E-state index in [1.54, 1.807) is 33.0 Å². The van der Waals surface area contributed by atoms with E-state index in [0.717, 1.165) is 0 Å². The van der Waals surface area contributed by atoms with Crippen LogP contribution in [0.1, 0.15) is 31.9 Å². The highest BCUT2D eigenvalue weighted by Crippen LogP contribution is 2.51. The van der Waals surface area contributed by atoms with E-state index in [9.17, 15) is 19.2 Å². The third kappa shape index (κ3) is 2.11. The monoisotopic (exact) mass is 315 g/mol. The van der Waals surface area contributed by atoms with Gasteiger partial charge in [-0.3, -0.25) is 9.59 Å². The van der Waals surface area contributed by atoms with Crippen LogP contribution in [0.2, 0.25) is 0 Å². The number of fused-ring (bicyclic) bond motifs is 1. The first-order chi connectivity index (χ1) is 10.8. The second-order valence-electron chi connectivity index (χ2n) is 6.57. The van der Waals surface area contributed by atoms with E-state index in [0.29, 0.717) is 5.56 Å². The highest BCUT2D eigenvalue weighted by Gasteiger charge is 2.58. The highest BCUT2D eigenvalue weighted by atomic mass is 19.1. The minimum atomic E-state index is -0.890. The lowest BCUT2D eigenvalue weighted by Gasteiger charge is -2.42. The van der Waals surface area contributed by atoms with E-state index in [4.69, 9.17) is 0 Å². The molecule has 0 spiro atoms. The van der Waals surface area contributed by atoms with Crippen LogP contribution in [0.3, 0.4) is 0 Å². The van der Waals surface area contributed by atoms with Crippen LogP contribution in [0.25, 0.3) is 0 Å². The maximum absolute atomic E-state index is 13.2. The molecule has 0 aliphatic carbocycles. The van der Waals surface area contributed by atoms with Crippen LogP contribution in [0.15, 0.2) is 24.3 Å². The molecule has 2 heterocycles. The first-order valence-electron chi connectivity index (χ1n) is 7.56. The van der Waals surface area contributed by atoms with Gasteiger partial charge in [-0.05, 0) is 38.0 Å². The van der Waals surface area contributed by atoms with E-state index < -0.39 is 23.5 Å². The Morgan fingerprint density at radius 3 is 2.43 bits per heavy atom. The van der Waals surface area contributed by atoms with Crippen LogP contribution in [0.5, 0.6) is 0 Å². The zero-order valence-corrected chi connectivity index (χ0v) is 13.3. The van der Waals surface area contributed by atoms with E-state index in [2.05, 4.69) is 6.07 Å². The van der Waals surface area contributed by atoms with Gasteiger partial charge in [-0.25, -0.2) is 4.39 Å². The highest BCUT2D eigenvalue weighted by molar-refractivity contribution is 5.97. The number of carbonyl (C=O) groups excluding carboxylic acids is 2. The molecule has 0 saturated carbocycles. The summed E-state index contributed by atoms with van der Waals surface area (Å²) in [5.41, 5.74) is -0.213. The van der Waals surface area contributed by atoms with Gasteiger partial charge >= 0.3 is 0 Å². The van der Waals surface area contributed by atoms with Crippen molar-refractivity contribution in [2.75, 3.05) is 7.05 Å². The largest absolute Gasteiger partial charge is 0.332 e. The molecule has 23 heavy (non-hydrogen) atoms. The number of carbonyl (C=O) groups is 2. The number of likely N-dealkylation sites (N-methyl/N-ethyl adjacent to an activating group) is 1. The third-order valence-corrected chi connectivity index (χ3v) is 5.10. The molecule has 0 aromatic heterocycles. The molecule has 120 valence electrons. The Kier molecular flexibility index (Phi) is 3.40. The van der Waals surface area contributed by atoms with Crippen molar-refractivity contribution in [3.8, 4) is 6.07 Å². The predicted molar refractivity (Wildman–Crippen MR) is 80.3 cm³/mol. The van der Waals surface area contributed by atoms with E-state index >= 15 is 0 Å². The van der Waals surface area contributed by atoms with Gasteiger partial charge in [0.25, 0.3) is 0 Å². The average Bonchev–Trinajstić information content (AvgIpc) is 2.86. The Bertz CT molecular complexity index is 712. The molecular weight excluding hydrogens is 297 g/mol. The number of hydrogen-bond donors (Lipinski definition) is 0. The molecule has 2 aliphatic heterocycles. The molecule has 0 N–H and O–H groups in total. The summed E-state index contributed by atoms with van der Waals surface area (Å²) in [6.07, 6.45) is 0.285. The minimum absolute atomic E-state index is 0.150. The zero-order valence-electron chi connectivity index (χ0n) is 13.3. The smallest absolute Gasteiger partial charge is 0.246 e. The number of hydrogen-bond acceptors (Lipinski definition) is 3. The SMILES string of the molecule is C[C@@H]1C(=O)N2C(c3ccc(F)cc3)[C@@](C)(C#N)C[C@H]2C(=O)N1C. The Morgan fingerprint density at radius 2 is 1.87 bits per heavy atom. The summed E-state index contributed by atoms with van der Waals surface area (Å²) < 4.78 is 13.2. The van der Waals surface area contributed by atoms with E-state index in [-0.39, 0.29) is 24.1 Å². The molecule has 0 bridgehead atoms. The van der Waals surface area contributed by atoms with Crippen LogP contribution in [-0.2, 0) is 9.59 Å². The Labute approximate surface area is 134 Å². The second-order valence-corrected chi connectivity index (χ2v) is 6.57. The number of rotatable bonds is 1. The third-order valence-electron chi connectivity index (χ3n) is 5.10. The zero-order chi connectivity index (χ0) is 16.9. The quantitative estimate of drug-likeness (QED) is 0.794. The summed E-state index contributed by atoms with van der Waals surface area (Å²) >= 11 is 0. The number of halogens is 1. The summed E-state index contributed by atoms with van der Waals surface area (Å²) in [5.74, 6) is -0.704. The molecule has 2 amide bonds. The van der Waals surface area contributed by atoms with Crippen LogP contribution >= 0.6 is 0 Å². The van der Waals surface area contributed by atoms with Gasteiger partial charge < -0.3 is 9.80 Å². The van der Waals surface area contributed by atoms with Gasteiger partial charge in [-0.1, -0.05) is 12.1 Å². The van der Waals surface area contributed by atoms with Gasteiger partial charge in [0.2, 0.25) is 11.8 Å². The van der Waals surface area contributed by atoms with Crippen LogP contribution in [0, 0.1) is 22.6 Å². The van der Waals surface area contributed by atoms with Crippen LogP contribution in [0.4, 0.5) is 4.39 Å². The summed E-state index contributed by atoms with van der Waals surface area (Å²) in [7, 11) is 1.61. The van der Waals surface area contributed by atoms with Crippen molar-refractivity contribution in [2.24, 2.45) is 5.41 Å². The van der Waals surface area contributed by atoms with Gasteiger partial charge in [0.1, 0.15) is 17.9 Å². The van der Waals surface area contributed by atoms with Crippen molar-refractivity contribution in [1.82, 2.24) is 9.80 Å². The molecule has 1 unspecified atom stereocenters. The number of amides is 2. The lowest BCUT2D eigenvalue weighted by atomic mass is 9.79. The molecular formula is C17H18FN3O2. The van der Waals surface area contributed by atoms with Crippen molar-refractivity contribution in [3.63, 3.8) is 0 Å². The fourth-order valence-electron chi connectivity index (χ4n) is 3.67. The molecule has 2 saturated heterocycles. The number of nitrogens with zero attached hydrogens (tertiary/aromatic N) is 3. The van der Waals surface area contributed by atoms with Gasteiger partial charge in [-0.2, -0.15) is 5.26 Å². The molecule has 3 rings (SSSR count). The second kappa shape index (κ2) is 5.05. The van der Waals surface area contributed by atoms with Gasteiger partial charge in [0, 0.05) is 7.05 Å². The fourth-order valence-corrected chi connectivity index (χ4v) is 3.67. The Morgan fingerprint density at radius 1 is 1.26 bits per heavy atom. The molecule has 1 aromatic carbocycles. The lowest BCUT2D eigenvalue weighted by molar-refractivity contribution is -0.159. The van der Waals surface area contributed by atoms with Crippen molar-refractivity contribution in [1.29, 1.82) is 5.26 Å². The van der Waals surface area contributed by atoms with Crippen LogP contribution in [-0.4, -0.2) is 40.7 Å². The Hall–Kier alpha value is -2.42. The van der Waals surface area contributed by atoms with Crippen LogP contribution < -0.4 is 0 Å². The van der Waals surface area contributed by atoms with Crippen molar-refractivity contribution in [2.45, 2.75) is 38.4 Å². The lowest BCUT2D eigenvalue weighted by Crippen LogP contribution is -2.60.